The molecule has 0 amide bonds. The maximum atomic E-state index is 14.3. The van der Waals surface area contributed by atoms with Gasteiger partial charge in [-0.15, -0.1) is 0 Å². The number of benzene rings is 1. The van der Waals surface area contributed by atoms with Crippen molar-refractivity contribution in [3.05, 3.63) is 60.2 Å². The fourth-order valence-electron chi connectivity index (χ4n) is 2.78. The molecule has 5 nitrogen and oxygen atoms in total. The molecule has 0 radical (unpaired) electrons. The zero-order chi connectivity index (χ0) is 17.2. The van der Waals surface area contributed by atoms with Crippen molar-refractivity contribution in [2.75, 3.05) is 23.8 Å². The molecule has 1 aromatic carbocycles. The summed E-state index contributed by atoms with van der Waals surface area (Å²) < 4.78 is 20.1. The molecule has 6 heteroatoms. The molecule has 0 spiro atoms. The van der Waals surface area contributed by atoms with E-state index in [2.05, 4.69) is 20.6 Å². The molecular weight excluding hydrogens is 319 g/mol. The number of rotatable bonds is 3. The lowest BCUT2D eigenvalue weighted by atomic mass is 10.1. The average Bonchev–Trinajstić information content (AvgIpc) is 2.64. The van der Waals surface area contributed by atoms with Crippen LogP contribution in [0.1, 0.15) is 5.56 Å². The van der Waals surface area contributed by atoms with E-state index in [4.69, 9.17) is 4.74 Å². The monoisotopic (exact) mass is 336 g/mol. The van der Waals surface area contributed by atoms with E-state index in [1.165, 1.54) is 6.07 Å². The summed E-state index contributed by atoms with van der Waals surface area (Å²) in [6.45, 7) is 3.14. The van der Waals surface area contributed by atoms with Gasteiger partial charge >= 0.3 is 0 Å². The number of nitrogens with zero attached hydrogens (tertiary/aromatic N) is 2. The molecule has 2 N–H and O–H groups in total. The smallest absolute Gasteiger partial charge is 0.185 e. The number of halogens is 1. The van der Waals surface area contributed by atoms with Crippen LogP contribution in [0.15, 0.2) is 48.8 Å². The average molecular weight is 336 g/mol. The third-order valence-corrected chi connectivity index (χ3v) is 3.97. The summed E-state index contributed by atoms with van der Waals surface area (Å²) in [6, 6.07) is 10.5. The maximum absolute atomic E-state index is 14.3. The van der Waals surface area contributed by atoms with Gasteiger partial charge in [0.25, 0.3) is 0 Å². The van der Waals surface area contributed by atoms with E-state index in [0.29, 0.717) is 36.0 Å². The van der Waals surface area contributed by atoms with Crippen LogP contribution in [0.25, 0.3) is 11.3 Å². The molecule has 0 atom stereocenters. The predicted octanol–water partition coefficient (Wildman–Crippen LogP) is 4.14. The van der Waals surface area contributed by atoms with Crippen molar-refractivity contribution in [2.45, 2.75) is 6.92 Å². The maximum Gasteiger partial charge on any atom is 0.185 e. The van der Waals surface area contributed by atoms with Gasteiger partial charge in [0.15, 0.2) is 11.6 Å². The Bertz CT molecular complexity index is 915. The Kier molecular flexibility index (Phi) is 3.93. The van der Waals surface area contributed by atoms with Crippen LogP contribution in [0.2, 0.25) is 0 Å². The number of aryl methyl sites for hydroxylation is 1. The first-order valence-electron chi connectivity index (χ1n) is 8.06. The van der Waals surface area contributed by atoms with Crippen molar-refractivity contribution in [1.82, 2.24) is 9.97 Å². The summed E-state index contributed by atoms with van der Waals surface area (Å²) in [5.41, 5.74) is 3.60. The van der Waals surface area contributed by atoms with Gasteiger partial charge in [0.2, 0.25) is 0 Å². The minimum atomic E-state index is -0.301. The standard InChI is InChI=1S/C19H17FN4O/c1-12-2-3-15(20)14(10-12)16-11-17(23-13-4-6-21-7-5-13)18-19(24-16)22-8-9-25-18/h2-7,10-11H,8-9H2,1H3,(H2,21,22,23,24). The highest BCUT2D eigenvalue weighted by atomic mass is 19.1. The zero-order valence-electron chi connectivity index (χ0n) is 13.7. The second-order valence-electron chi connectivity index (χ2n) is 5.85. The number of fused-ring (bicyclic) bond motifs is 1. The van der Waals surface area contributed by atoms with Gasteiger partial charge in [0.05, 0.1) is 17.9 Å². The molecule has 0 saturated carbocycles. The van der Waals surface area contributed by atoms with Crippen molar-refractivity contribution in [3.8, 4) is 17.0 Å². The molecule has 1 aliphatic rings. The minimum absolute atomic E-state index is 0.301. The fraction of sp³-hybridized carbons (Fsp3) is 0.158. The topological polar surface area (TPSA) is 59.1 Å². The molecule has 4 rings (SSSR count). The Balaban J connectivity index is 1.83. The quantitative estimate of drug-likeness (QED) is 0.753. The molecule has 3 heterocycles. The van der Waals surface area contributed by atoms with E-state index in [0.717, 1.165) is 16.9 Å². The fourth-order valence-corrected chi connectivity index (χ4v) is 2.78. The van der Waals surface area contributed by atoms with Gasteiger partial charge in [-0.2, -0.15) is 0 Å². The van der Waals surface area contributed by atoms with Crippen molar-refractivity contribution < 1.29 is 9.13 Å². The molecule has 0 fully saturated rings. The third kappa shape index (κ3) is 3.10. The van der Waals surface area contributed by atoms with Crippen molar-refractivity contribution in [1.29, 1.82) is 0 Å². The summed E-state index contributed by atoms with van der Waals surface area (Å²) in [4.78, 5) is 8.57. The first-order chi connectivity index (χ1) is 12.2. The van der Waals surface area contributed by atoms with E-state index in [-0.39, 0.29) is 5.82 Å². The van der Waals surface area contributed by atoms with E-state index < -0.39 is 0 Å². The molecule has 2 aromatic heterocycles. The molecule has 1 aliphatic heterocycles. The minimum Gasteiger partial charge on any atom is -0.486 e. The van der Waals surface area contributed by atoms with Gasteiger partial charge in [0.1, 0.15) is 12.4 Å². The molecule has 0 saturated heterocycles. The molecule has 3 aromatic rings. The van der Waals surface area contributed by atoms with E-state index in [1.807, 2.05) is 25.1 Å². The Morgan fingerprint density at radius 1 is 1.16 bits per heavy atom. The second kappa shape index (κ2) is 6.39. The van der Waals surface area contributed by atoms with Gasteiger partial charge < -0.3 is 15.4 Å². The molecule has 25 heavy (non-hydrogen) atoms. The highest BCUT2D eigenvalue weighted by molar-refractivity contribution is 5.79. The Hall–Kier alpha value is -3.15. The van der Waals surface area contributed by atoms with Crippen molar-refractivity contribution >= 4 is 17.2 Å². The summed E-state index contributed by atoms with van der Waals surface area (Å²) in [7, 11) is 0. The molecule has 0 unspecified atom stereocenters. The lowest BCUT2D eigenvalue weighted by Gasteiger charge is -2.22. The number of aromatic nitrogens is 2. The number of anilines is 3. The van der Waals surface area contributed by atoms with Crippen LogP contribution in [0, 0.1) is 12.7 Å². The lowest BCUT2D eigenvalue weighted by Crippen LogP contribution is -2.20. The number of nitrogens with one attached hydrogen (secondary N) is 2. The Morgan fingerprint density at radius 3 is 2.84 bits per heavy atom. The summed E-state index contributed by atoms with van der Waals surface area (Å²) in [5, 5.41) is 6.53. The SMILES string of the molecule is Cc1ccc(F)c(-c2cc(Nc3ccncc3)c3c(n2)NCCO3)c1. The number of hydrogen-bond acceptors (Lipinski definition) is 5. The van der Waals surface area contributed by atoms with Gasteiger partial charge in [-0.3, -0.25) is 4.98 Å². The Morgan fingerprint density at radius 2 is 2.00 bits per heavy atom. The molecule has 126 valence electrons. The summed E-state index contributed by atoms with van der Waals surface area (Å²) in [6.07, 6.45) is 3.41. The van der Waals surface area contributed by atoms with Gasteiger partial charge in [-0.05, 0) is 37.3 Å². The zero-order valence-corrected chi connectivity index (χ0v) is 13.7. The predicted molar refractivity (Wildman–Crippen MR) is 95.9 cm³/mol. The van der Waals surface area contributed by atoms with Crippen molar-refractivity contribution in [3.63, 3.8) is 0 Å². The normalized spacial score (nSPS) is 12.7. The van der Waals surface area contributed by atoms with Gasteiger partial charge in [-0.25, -0.2) is 9.37 Å². The van der Waals surface area contributed by atoms with Crippen LogP contribution in [-0.2, 0) is 0 Å². The molecule has 0 aliphatic carbocycles. The number of hydrogen-bond donors (Lipinski definition) is 2. The van der Waals surface area contributed by atoms with Crippen LogP contribution in [0.5, 0.6) is 5.75 Å². The highest BCUT2D eigenvalue weighted by Gasteiger charge is 2.20. The van der Waals surface area contributed by atoms with Gasteiger partial charge in [-0.1, -0.05) is 11.6 Å². The van der Waals surface area contributed by atoms with Gasteiger partial charge in [0, 0.05) is 23.6 Å². The highest BCUT2D eigenvalue weighted by Crippen LogP contribution is 2.39. The van der Waals surface area contributed by atoms with Crippen LogP contribution in [0.4, 0.5) is 21.6 Å². The van der Waals surface area contributed by atoms with E-state index in [1.54, 1.807) is 24.5 Å². The molecule has 0 bridgehead atoms. The van der Waals surface area contributed by atoms with Crippen molar-refractivity contribution in [2.24, 2.45) is 0 Å². The lowest BCUT2D eigenvalue weighted by molar-refractivity contribution is 0.323. The molecular formula is C19H17FN4O. The van der Waals surface area contributed by atoms with Crippen LogP contribution in [0.3, 0.4) is 0 Å². The largest absolute Gasteiger partial charge is 0.486 e. The number of ether oxygens (including phenoxy) is 1. The van der Waals surface area contributed by atoms with Crippen LogP contribution >= 0.6 is 0 Å². The first kappa shape index (κ1) is 15.4. The Labute approximate surface area is 144 Å². The van der Waals surface area contributed by atoms with E-state index >= 15 is 0 Å². The summed E-state index contributed by atoms with van der Waals surface area (Å²) >= 11 is 0. The third-order valence-electron chi connectivity index (χ3n) is 3.97. The summed E-state index contributed by atoms with van der Waals surface area (Å²) in [5.74, 6) is 0.950. The second-order valence-corrected chi connectivity index (χ2v) is 5.85. The van der Waals surface area contributed by atoms with E-state index in [9.17, 15) is 4.39 Å². The van der Waals surface area contributed by atoms with Crippen LogP contribution in [-0.4, -0.2) is 23.1 Å². The number of pyridine rings is 2. The first-order valence-corrected chi connectivity index (χ1v) is 8.06. The van der Waals surface area contributed by atoms with Crippen LogP contribution < -0.4 is 15.4 Å².